The van der Waals surface area contributed by atoms with Gasteiger partial charge >= 0.3 is 0 Å². The zero-order valence-corrected chi connectivity index (χ0v) is 7.70. The monoisotopic (exact) mass is 161 g/mol. The van der Waals surface area contributed by atoms with Crippen LogP contribution in [0.15, 0.2) is 24.5 Å². The van der Waals surface area contributed by atoms with Crippen LogP contribution in [0.25, 0.3) is 11.0 Å². The standard InChI is InChI=1S/C10H13N2/c1-8-5-4-6-9-10(8)12(3)7-11(9)2/h4-7H,1-3H3/q+1. The van der Waals surface area contributed by atoms with Gasteiger partial charge in [-0.1, -0.05) is 12.1 Å². The lowest BCUT2D eigenvalue weighted by Gasteiger charge is -1.91. The van der Waals surface area contributed by atoms with E-state index in [1.165, 1.54) is 16.6 Å². The molecule has 2 heteroatoms. The molecule has 0 fully saturated rings. The van der Waals surface area contributed by atoms with Crippen LogP contribution in [0.5, 0.6) is 0 Å². The predicted octanol–water partition coefficient (Wildman–Crippen LogP) is 1.31. The second-order valence-electron chi connectivity index (χ2n) is 3.28. The average Bonchev–Trinajstić information content (AvgIpc) is 2.29. The number of hydrogen-bond acceptors (Lipinski definition) is 0. The van der Waals surface area contributed by atoms with Gasteiger partial charge in [0.05, 0.1) is 14.1 Å². The Morgan fingerprint density at radius 3 is 2.75 bits per heavy atom. The molecule has 0 spiro atoms. The van der Waals surface area contributed by atoms with Crippen molar-refractivity contribution in [3.8, 4) is 0 Å². The summed E-state index contributed by atoms with van der Waals surface area (Å²) in [5.74, 6) is 0. The summed E-state index contributed by atoms with van der Waals surface area (Å²) in [6.07, 6.45) is 2.09. The number of aromatic nitrogens is 2. The predicted molar refractivity (Wildman–Crippen MR) is 48.8 cm³/mol. The number of nitrogens with zero attached hydrogens (tertiary/aromatic N) is 2. The van der Waals surface area contributed by atoms with Gasteiger partial charge in [0.25, 0.3) is 0 Å². The van der Waals surface area contributed by atoms with E-state index in [-0.39, 0.29) is 0 Å². The van der Waals surface area contributed by atoms with Gasteiger partial charge in [-0.05, 0) is 13.0 Å². The Bertz CT molecular complexity index is 427. The maximum Gasteiger partial charge on any atom is 0.244 e. The lowest BCUT2D eigenvalue weighted by molar-refractivity contribution is -0.645. The highest BCUT2D eigenvalue weighted by Gasteiger charge is 2.10. The summed E-state index contributed by atoms with van der Waals surface area (Å²) in [5, 5.41) is 0. The second-order valence-corrected chi connectivity index (χ2v) is 3.28. The lowest BCUT2D eigenvalue weighted by Crippen LogP contribution is -2.26. The Labute approximate surface area is 72.1 Å². The van der Waals surface area contributed by atoms with Gasteiger partial charge in [0.2, 0.25) is 6.33 Å². The maximum atomic E-state index is 2.16. The third-order valence-corrected chi connectivity index (χ3v) is 2.30. The van der Waals surface area contributed by atoms with Crippen LogP contribution in [0.3, 0.4) is 0 Å². The molecule has 2 aromatic rings. The number of para-hydroxylation sites is 1. The Hall–Kier alpha value is -1.31. The molecule has 0 atom stereocenters. The highest BCUT2D eigenvalue weighted by molar-refractivity contribution is 5.75. The van der Waals surface area contributed by atoms with Crippen molar-refractivity contribution in [2.75, 3.05) is 0 Å². The maximum absolute atomic E-state index is 2.16. The molecule has 0 N–H and O–H groups in total. The minimum atomic E-state index is 1.29. The first-order valence-corrected chi connectivity index (χ1v) is 4.10. The minimum Gasteiger partial charge on any atom is -0.233 e. The van der Waals surface area contributed by atoms with Crippen molar-refractivity contribution in [2.45, 2.75) is 6.92 Å². The summed E-state index contributed by atoms with van der Waals surface area (Å²) in [7, 11) is 4.15. The quantitative estimate of drug-likeness (QED) is 0.515. The minimum absolute atomic E-state index is 1.29. The van der Waals surface area contributed by atoms with E-state index < -0.39 is 0 Å². The van der Waals surface area contributed by atoms with Crippen LogP contribution >= 0.6 is 0 Å². The van der Waals surface area contributed by atoms with Gasteiger partial charge in [-0.2, -0.15) is 0 Å². The fourth-order valence-corrected chi connectivity index (χ4v) is 1.77. The molecular formula is C10H13N2+. The van der Waals surface area contributed by atoms with Crippen LogP contribution < -0.4 is 4.57 Å². The molecule has 0 aliphatic carbocycles. The van der Waals surface area contributed by atoms with Gasteiger partial charge in [-0.3, -0.25) is 0 Å². The molecule has 0 amide bonds. The third kappa shape index (κ3) is 0.843. The molecule has 1 aromatic heterocycles. The van der Waals surface area contributed by atoms with Gasteiger partial charge in [0, 0.05) is 5.56 Å². The lowest BCUT2D eigenvalue weighted by atomic mass is 10.2. The van der Waals surface area contributed by atoms with Gasteiger partial charge in [0.1, 0.15) is 0 Å². The second kappa shape index (κ2) is 2.34. The van der Waals surface area contributed by atoms with Crippen LogP contribution in [0, 0.1) is 6.92 Å². The summed E-state index contributed by atoms with van der Waals surface area (Å²) < 4.78 is 4.30. The average molecular weight is 161 g/mol. The number of imidazole rings is 1. The number of fused-ring (bicyclic) bond motifs is 1. The summed E-state index contributed by atoms with van der Waals surface area (Å²) in [6, 6.07) is 6.38. The molecule has 2 rings (SSSR count). The van der Waals surface area contributed by atoms with Crippen LogP contribution in [-0.4, -0.2) is 4.57 Å². The van der Waals surface area contributed by atoms with Gasteiger partial charge in [0.15, 0.2) is 11.0 Å². The molecule has 0 saturated carbocycles. The zero-order valence-electron chi connectivity index (χ0n) is 7.70. The van der Waals surface area contributed by atoms with E-state index in [2.05, 4.69) is 54.7 Å². The van der Waals surface area contributed by atoms with E-state index in [0.717, 1.165) is 0 Å². The normalized spacial score (nSPS) is 10.9. The Kier molecular flexibility index (Phi) is 1.43. The number of rotatable bonds is 0. The topological polar surface area (TPSA) is 8.81 Å². The molecule has 0 saturated heterocycles. The third-order valence-electron chi connectivity index (χ3n) is 2.30. The molecule has 0 unspecified atom stereocenters. The first-order valence-electron chi connectivity index (χ1n) is 4.10. The van der Waals surface area contributed by atoms with Crippen LogP contribution in [0.1, 0.15) is 5.56 Å². The van der Waals surface area contributed by atoms with E-state index in [1.807, 2.05) is 0 Å². The number of benzene rings is 1. The van der Waals surface area contributed by atoms with Gasteiger partial charge in [-0.15, -0.1) is 0 Å². The van der Waals surface area contributed by atoms with Crippen molar-refractivity contribution in [1.29, 1.82) is 0 Å². The smallest absolute Gasteiger partial charge is 0.233 e. The van der Waals surface area contributed by atoms with Gasteiger partial charge in [-0.25, -0.2) is 9.13 Å². The molecule has 0 bridgehead atoms. The fourth-order valence-electron chi connectivity index (χ4n) is 1.77. The van der Waals surface area contributed by atoms with Crippen molar-refractivity contribution in [1.82, 2.24) is 4.57 Å². The highest BCUT2D eigenvalue weighted by atomic mass is 15.1. The van der Waals surface area contributed by atoms with Gasteiger partial charge < -0.3 is 0 Å². The molecule has 12 heavy (non-hydrogen) atoms. The molecule has 0 aliphatic rings. The Balaban J connectivity index is 2.99. The number of aryl methyl sites for hydroxylation is 3. The van der Waals surface area contributed by atoms with E-state index in [4.69, 9.17) is 0 Å². The Morgan fingerprint density at radius 2 is 2.08 bits per heavy atom. The molecule has 2 nitrogen and oxygen atoms in total. The van der Waals surface area contributed by atoms with Crippen LogP contribution in [0.4, 0.5) is 0 Å². The van der Waals surface area contributed by atoms with E-state index in [9.17, 15) is 0 Å². The zero-order chi connectivity index (χ0) is 8.72. The van der Waals surface area contributed by atoms with Crippen molar-refractivity contribution >= 4 is 11.0 Å². The molecular weight excluding hydrogens is 148 g/mol. The largest absolute Gasteiger partial charge is 0.244 e. The number of hydrogen-bond donors (Lipinski definition) is 0. The summed E-state index contributed by atoms with van der Waals surface area (Å²) in [5.41, 5.74) is 3.94. The highest BCUT2D eigenvalue weighted by Crippen LogP contribution is 2.13. The molecule has 62 valence electrons. The molecule has 1 aromatic carbocycles. The van der Waals surface area contributed by atoms with E-state index in [1.54, 1.807) is 0 Å². The first kappa shape index (κ1) is 7.35. The molecule has 1 heterocycles. The van der Waals surface area contributed by atoms with Crippen molar-refractivity contribution in [3.63, 3.8) is 0 Å². The van der Waals surface area contributed by atoms with Crippen molar-refractivity contribution in [2.24, 2.45) is 14.1 Å². The summed E-state index contributed by atoms with van der Waals surface area (Å²) in [4.78, 5) is 0. The van der Waals surface area contributed by atoms with E-state index in [0.29, 0.717) is 0 Å². The molecule has 0 aliphatic heterocycles. The van der Waals surface area contributed by atoms with Crippen molar-refractivity contribution in [3.05, 3.63) is 30.1 Å². The Morgan fingerprint density at radius 1 is 1.33 bits per heavy atom. The molecule has 0 radical (unpaired) electrons. The SMILES string of the molecule is Cc1cccc2c1[n+](C)cn2C. The van der Waals surface area contributed by atoms with Crippen molar-refractivity contribution < 1.29 is 4.57 Å². The van der Waals surface area contributed by atoms with Crippen LogP contribution in [-0.2, 0) is 14.1 Å². The summed E-state index contributed by atoms with van der Waals surface area (Å²) >= 11 is 0. The fraction of sp³-hybridized carbons (Fsp3) is 0.300. The first-order chi connectivity index (χ1) is 5.70. The van der Waals surface area contributed by atoms with Crippen LogP contribution in [0.2, 0.25) is 0 Å². The summed E-state index contributed by atoms with van der Waals surface area (Å²) in [6.45, 7) is 2.14. The van der Waals surface area contributed by atoms with E-state index >= 15 is 0 Å².